The van der Waals surface area contributed by atoms with Gasteiger partial charge in [0.05, 0.1) is 17.0 Å². The van der Waals surface area contributed by atoms with Crippen LogP contribution in [0.1, 0.15) is 15.9 Å². The number of halogens is 1. The van der Waals surface area contributed by atoms with Gasteiger partial charge in [-0.2, -0.15) is 0 Å². The Morgan fingerprint density at radius 1 is 1.27 bits per heavy atom. The first-order valence-corrected chi connectivity index (χ1v) is 8.53. The molecule has 8 heteroatoms. The molecule has 0 aliphatic carbocycles. The monoisotopic (exact) mass is 339 g/mol. The lowest BCUT2D eigenvalue weighted by atomic mass is 10.2. The highest BCUT2D eigenvalue weighted by atomic mass is 35.5. The Morgan fingerprint density at radius 3 is 2.64 bits per heavy atom. The highest BCUT2D eigenvalue weighted by molar-refractivity contribution is 7.92. The highest BCUT2D eigenvalue weighted by Gasteiger charge is 2.13. The van der Waals surface area contributed by atoms with Crippen LogP contribution in [-0.2, 0) is 10.0 Å². The number of carbonyl (C=O) groups excluding carboxylic acids is 1. The molecule has 0 aliphatic heterocycles. The number of rotatable bonds is 4. The number of aromatic nitrogens is 1. The number of nitrogens with one attached hydrogen (secondary N) is 2. The maximum Gasteiger partial charge on any atom is 0.256 e. The van der Waals surface area contributed by atoms with Crippen LogP contribution in [0.5, 0.6) is 0 Å². The van der Waals surface area contributed by atoms with Crippen LogP contribution in [0.15, 0.2) is 36.5 Å². The quantitative estimate of drug-likeness (QED) is 0.896. The van der Waals surface area contributed by atoms with Crippen molar-refractivity contribution in [1.29, 1.82) is 0 Å². The molecule has 2 rings (SSSR count). The fourth-order valence-electron chi connectivity index (χ4n) is 1.74. The van der Waals surface area contributed by atoms with Crippen molar-refractivity contribution in [2.45, 2.75) is 6.92 Å². The van der Waals surface area contributed by atoms with Gasteiger partial charge in [0.1, 0.15) is 5.82 Å². The zero-order valence-electron chi connectivity index (χ0n) is 11.9. The predicted molar refractivity (Wildman–Crippen MR) is 86.8 cm³/mol. The third kappa shape index (κ3) is 4.19. The van der Waals surface area contributed by atoms with Crippen molar-refractivity contribution in [2.75, 3.05) is 16.3 Å². The average molecular weight is 340 g/mol. The Morgan fingerprint density at radius 2 is 2.00 bits per heavy atom. The Hall–Kier alpha value is -2.12. The van der Waals surface area contributed by atoms with E-state index in [0.717, 1.165) is 11.8 Å². The zero-order chi connectivity index (χ0) is 16.3. The molecule has 0 saturated heterocycles. The minimum absolute atomic E-state index is 0.148. The van der Waals surface area contributed by atoms with Gasteiger partial charge in [-0.25, -0.2) is 13.4 Å². The molecule has 116 valence electrons. The summed E-state index contributed by atoms with van der Waals surface area (Å²) in [6.45, 7) is 1.82. The van der Waals surface area contributed by atoms with E-state index in [0.29, 0.717) is 5.82 Å². The first-order valence-electron chi connectivity index (χ1n) is 6.26. The second-order valence-corrected chi connectivity index (χ2v) is 6.85. The molecular formula is C14H14ClN3O3S. The Labute approximate surface area is 133 Å². The van der Waals surface area contributed by atoms with Crippen molar-refractivity contribution in [2.24, 2.45) is 0 Å². The van der Waals surface area contributed by atoms with E-state index >= 15 is 0 Å². The molecule has 0 fully saturated rings. The van der Waals surface area contributed by atoms with Crippen LogP contribution in [0.25, 0.3) is 0 Å². The Balaban J connectivity index is 2.27. The number of carbonyl (C=O) groups is 1. The summed E-state index contributed by atoms with van der Waals surface area (Å²) in [5.74, 6) is 0.0371. The first-order chi connectivity index (χ1) is 10.3. The van der Waals surface area contributed by atoms with Gasteiger partial charge in [-0.1, -0.05) is 17.7 Å². The minimum Gasteiger partial charge on any atom is -0.306 e. The van der Waals surface area contributed by atoms with Crippen LogP contribution < -0.4 is 10.0 Å². The number of pyridine rings is 1. The molecule has 0 spiro atoms. The molecule has 0 radical (unpaired) electrons. The third-order valence-corrected chi connectivity index (χ3v) is 3.69. The number of hydrogen-bond donors (Lipinski definition) is 2. The van der Waals surface area contributed by atoms with E-state index in [1.54, 1.807) is 12.3 Å². The first kappa shape index (κ1) is 16.3. The number of benzene rings is 1. The standard InChI is InChI=1S/C14H14ClN3O3S/c1-9-4-3-7-16-13(9)17-14(19)10-5-6-11(15)12(8-10)18-22(2,20)21/h3-8,18H,1-2H3,(H,16,17,19). The lowest BCUT2D eigenvalue weighted by Gasteiger charge is -2.10. The molecule has 0 atom stereocenters. The molecule has 2 N–H and O–H groups in total. The Kier molecular flexibility index (Phi) is 4.68. The Bertz CT molecular complexity index is 822. The number of anilines is 2. The van der Waals surface area contributed by atoms with E-state index in [-0.39, 0.29) is 16.3 Å². The molecule has 0 aliphatic rings. The van der Waals surface area contributed by atoms with Crippen molar-refractivity contribution >= 4 is 39.0 Å². The second-order valence-electron chi connectivity index (χ2n) is 4.69. The normalized spacial score (nSPS) is 11.0. The van der Waals surface area contributed by atoms with Gasteiger partial charge in [-0.3, -0.25) is 9.52 Å². The van der Waals surface area contributed by atoms with E-state index in [9.17, 15) is 13.2 Å². The maximum atomic E-state index is 12.2. The number of amides is 1. The minimum atomic E-state index is -3.49. The van der Waals surface area contributed by atoms with E-state index in [4.69, 9.17) is 11.6 Å². The summed E-state index contributed by atoms with van der Waals surface area (Å²) < 4.78 is 24.8. The molecule has 2 aromatic rings. The molecule has 0 saturated carbocycles. The SMILES string of the molecule is Cc1cccnc1NC(=O)c1ccc(Cl)c(NS(C)(=O)=O)c1. The van der Waals surface area contributed by atoms with E-state index < -0.39 is 15.9 Å². The summed E-state index contributed by atoms with van der Waals surface area (Å²) in [6, 6.07) is 7.91. The van der Waals surface area contributed by atoms with Crippen LogP contribution in [0.2, 0.25) is 5.02 Å². The molecule has 1 heterocycles. The van der Waals surface area contributed by atoms with Crippen LogP contribution in [0.4, 0.5) is 11.5 Å². The van der Waals surface area contributed by atoms with Gasteiger partial charge in [0.25, 0.3) is 5.91 Å². The molecule has 0 unspecified atom stereocenters. The molecule has 6 nitrogen and oxygen atoms in total. The molecule has 1 aromatic carbocycles. The fraction of sp³-hybridized carbons (Fsp3) is 0.143. The van der Waals surface area contributed by atoms with E-state index in [1.165, 1.54) is 18.2 Å². The average Bonchev–Trinajstić information content (AvgIpc) is 2.42. The van der Waals surface area contributed by atoms with Crippen LogP contribution in [-0.4, -0.2) is 25.6 Å². The third-order valence-electron chi connectivity index (χ3n) is 2.77. The van der Waals surface area contributed by atoms with Gasteiger partial charge < -0.3 is 5.32 Å². The van der Waals surface area contributed by atoms with E-state index in [2.05, 4.69) is 15.0 Å². The van der Waals surface area contributed by atoms with Crippen molar-refractivity contribution in [1.82, 2.24) is 4.98 Å². The van der Waals surface area contributed by atoms with E-state index in [1.807, 2.05) is 13.0 Å². The van der Waals surface area contributed by atoms with Crippen molar-refractivity contribution in [3.63, 3.8) is 0 Å². The topological polar surface area (TPSA) is 88.2 Å². The summed E-state index contributed by atoms with van der Waals surface area (Å²) in [4.78, 5) is 16.3. The molecule has 0 bridgehead atoms. The predicted octanol–water partition coefficient (Wildman–Crippen LogP) is 2.67. The highest BCUT2D eigenvalue weighted by Crippen LogP contribution is 2.24. The maximum absolute atomic E-state index is 12.2. The van der Waals surface area contributed by atoms with Gasteiger partial charge in [0.15, 0.2) is 0 Å². The van der Waals surface area contributed by atoms with Gasteiger partial charge in [0, 0.05) is 11.8 Å². The van der Waals surface area contributed by atoms with Crippen LogP contribution in [0.3, 0.4) is 0 Å². The molecule has 22 heavy (non-hydrogen) atoms. The smallest absolute Gasteiger partial charge is 0.256 e. The largest absolute Gasteiger partial charge is 0.306 e. The second kappa shape index (κ2) is 6.33. The summed E-state index contributed by atoms with van der Waals surface area (Å²) >= 11 is 5.92. The zero-order valence-corrected chi connectivity index (χ0v) is 13.5. The van der Waals surface area contributed by atoms with Gasteiger partial charge in [0.2, 0.25) is 10.0 Å². The summed E-state index contributed by atoms with van der Waals surface area (Å²) in [7, 11) is -3.49. The van der Waals surface area contributed by atoms with Gasteiger partial charge >= 0.3 is 0 Å². The molecule has 1 aromatic heterocycles. The summed E-state index contributed by atoms with van der Waals surface area (Å²) in [5.41, 5.74) is 1.23. The van der Waals surface area contributed by atoms with Crippen molar-refractivity contribution in [3.8, 4) is 0 Å². The summed E-state index contributed by atoms with van der Waals surface area (Å²) in [6.07, 6.45) is 2.58. The van der Waals surface area contributed by atoms with Crippen LogP contribution in [0, 0.1) is 6.92 Å². The molecule has 1 amide bonds. The lowest BCUT2D eigenvalue weighted by Crippen LogP contribution is -2.15. The number of sulfonamides is 1. The van der Waals surface area contributed by atoms with Crippen LogP contribution >= 0.6 is 11.6 Å². The number of nitrogens with zero attached hydrogens (tertiary/aromatic N) is 1. The lowest BCUT2D eigenvalue weighted by molar-refractivity contribution is 0.102. The van der Waals surface area contributed by atoms with Gasteiger partial charge in [-0.05, 0) is 36.8 Å². The van der Waals surface area contributed by atoms with Crippen molar-refractivity contribution in [3.05, 3.63) is 52.7 Å². The van der Waals surface area contributed by atoms with Gasteiger partial charge in [-0.15, -0.1) is 0 Å². The number of hydrogen-bond acceptors (Lipinski definition) is 4. The number of aryl methyl sites for hydroxylation is 1. The fourth-order valence-corrected chi connectivity index (χ4v) is 2.53. The van der Waals surface area contributed by atoms with Crippen molar-refractivity contribution < 1.29 is 13.2 Å². The molecular weight excluding hydrogens is 326 g/mol. The summed E-state index contributed by atoms with van der Waals surface area (Å²) in [5, 5.41) is 2.87.